The van der Waals surface area contributed by atoms with Gasteiger partial charge in [0.05, 0.1) is 6.61 Å². The van der Waals surface area contributed by atoms with Gasteiger partial charge < -0.3 is 4.74 Å². The van der Waals surface area contributed by atoms with E-state index in [4.69, 9.17) is 4.74 Å². The second-order valence-electron chi connectivity index (χ2n) is 13.6. The number of hydrogen-bond acceptors (Lipinski definition) is 4. The number of nitrogens with zero attached hydrogens (tertiary/aromatic N) is 3. The average molecular weight is 546 g/mol. The molecule has 0 saturated heterocycles. The summed E-state index contributed by atoms with van der Waals surface area (Å²) in [5, 5.41) is 8.33. The molecule has 0 spiro atoms. The van der Waals surface area contributed by atoms with Crippen LogP contribution in [0.3, 0.4) is 0 Å². The first-order valence-electron chi connectivity index (χ1n) is 14.8. The van der Waals surface area contributed by atoms with Gasteiger partial charge in [-0.05, 0) is 91.8 Å². The lowest BCUT2D eigenvalue weighted by molar-refractivity contribution is -0.151. The van der Waals surface area contributed by atoms with Gasteiger partial charge in [-0.3, -0.25) is 4.79 Å². The van der Waals surface area contributed by atoms with Crippen molar-refractivity contribution in [3.63, 3.8) is 0 Å². The summed E-state index contributed by atoms with van der Waals surface area (Å²) in [5.74, 6) is 2.08. The standard InChI is InChI=1S/C31H45F2N3O2.CH4/c1-19(2)10-13-31(18-38-5)20(3)6-8-23-24-9-7-21(16-30(24,4)12-11-25(23)31)28(37)17-36-34-27-15-22(32)14-26(33)29(27)35-36;/h14-15,19-21,23-25H,6-13,16-18H2,1-5H3;1H4. The van der Waals surface area contributed by atoms with Gasteiger partial charge in [0, 0.05) is 25.2 Å². The van der Waals surface area contributed by atoms with Gasteiger partial charge in [-0.15, -0.1) is 5.10 Å². The van der Waals surface area contributed by atoms with Crippen LogP contribution < -0.4 is 0 Å². The third-order valence-corrected chi connectivity index (χ3v) is 10.9. The summed E-state index contributed by atoms with van der Waals surface area (Å²) in [6.45, 7) is 10.4. The Morgan fingerprint density at radius 1 is 1.13 bits per heavy atom. The number of benzene rings is 1. The Kier molecular flexibility index (Phi) is 8.90. The Labute approximate surface area is 233 Å². The predicted molar refractivity (Wildman–Crippen MR) is 151 cm³/mol. The number of carbonyl (C=O) groups is 1. The van der Waals surface area contributed by atoms with Crippen LogP contribution in [0.2, 0.25) is 0 Å². The fraction of sp³-hybridized carbons (Fsp3) is 0.781. The van der Waals surface area contributed by atoms with Crippen molar-refractivity contribution in [3.8, 4) is 0 Å². The summed E-state index contributed by atoms with van der Waals surface area (Å²) in [6, 6.07) is 1.96. The zero-order valence-corrected chi connectivity index (χ0v) is 23.8. The van der Waals surface area contributed by atoms with Crippen molar-refractivity contribution < 1.29 is 18.3 Å². The highest BCUT2D eigenvalue weighted by Crippen LogP contribution is 2.64. The third kappa shape index (κ3) is 5.54. The smallest absolute Gasteiger partial charge is 0.159 e. The minimum atomic E-state index is -0.747. The summed E-state index contributed by atoms with van der Waals surface area (Å²) < 4.78 is 33.6. The lowest BCUT2D eigenvalue weighted by atomic mass is 9.43. The van der Waals surface area contributed by atoms with Gasteiger partial charge in [-0.2, -0.15) is 9.90 Å². The molecule has 2 aromatic rings. The molecule has 3 fully saturated rings. The lowest BCUT2D eigenvalue weighted by Crippen LogP contribution is -2.56. The molecule has 0 N–H and O–H groups in total. The first-order chi connectivity index (χ1) is 18.1. The van der Waals surface area contributed by atoms with E-state index in [1.54, 1.807) is 0 Å². The van der Waals surface area contributed by atoms with Gasteiger partial charge in [0.25, 0.3) is 0 Å². The number of methoxy groups -OCH3 is 1. The lowest BCUT2D eigenvalue weighted by Gasteiger charge is -2.62. The van der Waals surface area contributed by atoms with Crippen molar-refractivity contribution in [2.45, 2.75) is 99.5 Å². The van der Waals surface area contributed by atoms with E-state index in [2.05, 4.69) is 37.9 Å². The summed E-state index contributed by atoms with van der Waals surface area (Å²) in [4.78, 5) is 14.6. The fourth-order valence-corrected chi connectivity index (χ4v) is 8.94. The van der Waals surface area contributed by atoms with E-state index in [0.717, 1.165) is 44.4 Å². The molecule has 5 nitrogen and oxygen atoms in total. The van der Waals surface area contributed by atoms with E-state index < -0.39 is 11.6 Å². The van der Waals surface area contributed by atoms with Crippen molar-refractivity contribution >= 4 is 16.8 Å². The molecule has 39 heavy (non-hydrogen) atoms. The van der Waals surface area contributed by atoms with Crippen LogP contribution in [0.5, 0.6) is 0 Å². The minimum absolute atomic E-state index is 0. The number of halogens is 2. The zero-order valence-electron chi connectivity index (χ0n) is 23.8. The molecule has 7 atom stereocenters. The Hall–Kier alpha value is -1.89. The largest absolute Gasteiger partial charge is 0.384 e. The van der Waals surface area contributed by atoms with Crippen molar-refractivity contribution in [1.82, 2.24) is 15.0 Å². The Morgan fingerprint density at radius 2 is 1.90 bits per heavy atom. The number of fused-ring (bicyclic) bond motifs is 4. The van der Waals surface area contributed by atoms with Crippen LogP contribution in [0.1, 0.15) is 92.9 Å². The minimum Gasteiger partial charge on any atom is -0.384 e. The topological polar surface area (TPSA) is 57.0 Å². The van der Waals surface area contributed by atoms with Crippen LogP contribution >= 0.6 is 0 Å². The molecule has 7 unspecified atom stereocenters. The molecule has 3 aliphatic carbocycles. The zero-order chi connectivity index (χ0) is 27.2. The normalized spacial score (nSPS) is 34.4. The van der Waals surface area contributed by atoms with E-state index >= 15 is 0 Å². The average Bonchev–Trinajstić information content (AvgIpc) is 3.26. The van der Waals surface area contributed by atoms with Gasteiger partial charge >= 0.3 is 0 Å². The summed E-state index contributed by atoms with van der Waals surface area (Å²) in [7, 11) is 1.87. The summed E-state index contributed by atoms with van der Waals surface area (Å²) in [6.07, 6.45) is 10.3. The number of hydrogen-bond donors (Lipinski definition) is 0. The molecule has 5 rings (SSSR count). The predicted octanol–water partition coefficient (Wildman–Crippen LogP) is 7.86. The number of rotatable bonds is 8. The molecular formula is C32H49F2N3O2. The molecule has 7 heteroatoms. The number of aromatic nitrogens is 3. The first-order valence-corrected chi connectivity index (χ1v) is 14.8. The second-order valence-corrected chi connectivity index (χ2v) is 13.6. The fourth-order valence-electron chi connectivity index (χ4n) is 8.94. The van der Waals surface area contributed by atoms with E-state index in [1.165, 1.54) is 36.9 Å². The van der Waals surface area contributed by atoms with Crippen molar-refractivity contribution in [2.75, 3.05) is 13.7 Å². The Bertz CT molecular complexity index is 1170. The van der Waals surface area contributed by atoms with E-state index in [0.29, 0.717) is 29.6 Å². The molecule has 0 radical (unpaired) electrons. The maximum Gasteiger partial charge on any atom is 0.159 e. The maximum absolute atomic E-state index is 14.1. The van der Waals surface area contributed by atoms with Crippen LogP contribution in [0.15, 0.2) is 12.1 Å². The van der Waals surface area contributed by atoms with E-state index in [9.17, 15) is 13.6 Å². The van der Waals surface area contributed by atoms with Crippen molar-refractivity contribution in [2.24, 2.45) is 46.3 Å². The summed E-state index contributed by atoms with van der Waals surface area (Å²) in [5.41, 5.74) is 0.581. The monoisotopic (exact) mass is 545 g/mol. The van der Waals surface area contributed by atoms with Crippen molar-refractivity contribution in [1.29, 1.82) is 0 Å². The SMILES string of the molecule is C.COCC1(CCC(C)C)C(C)CCC2C3CCC(C(=O)Cn4nc5cc(F)cc(F)c5n4)CC3(C)CCC21. The van der Waals surface area contributed by atoms with Gasteiger partial charge in [0.15, 0.2) is 11.6 Å². The van der Waals surface area contributed by atoms with E-state index in [1.807, 2.05) is 7.11 Å². The molecule has 3 aliphatic rings. The van der Waals surface area contributed by atoms with Crippen LogP contribution in [-0.4, -0.2) is 34.5 Å². The molecule has 1 heterocycles. The Morgan fingerprint density at radius 3 is 2.62 bits per heavy atom. The second kappa shape index (κ2) is 11.5. The molecule has 3 saturated carbocycles. The third-order valence-electron chi connectivity index (χ3n) is 10.9. The van der Waals surface area contributed by atoms with Gasteiger partial charge in [0.1, 0.15) is 23.4 Å². The Balaban J connectivity index is 0.00000353. The maximum atomic E-state index is 14.1. The number of ketones is 1. The quantitative estimate of drug-likeness (QED) is 0.339. The van der Waals surface area contributed by atoms with Crippen LogP contribution in [0.4, 0.5) is 8.78 Å². The van der Waals surface area contributed by atoms with Crippen LogP contribution in [0, 0.1) is 58.0 Å². The molecule has 1 aromatic heterocycles. The van der Waals surface area contributed by atoms with Gasteiger partial charge in [-0.25, -0.2) is 8.78 Å². The van der Waals surface area contributed by atoms with Crippen molar-refractivity contribution in [3.05, 3.63) is 23.8 Å². The number of carbonyl (C=O) groups excluding carboxylic acids is 1. The highest BCUT2D eigenvalue weighted by atomic mass is 19.1. The highest BCUT2D eigenvalue weighted by molar-refractivity contribution is 5.81. The molecule has 218 valence electrons. The molecule has 1 aromatic carbocycles. The van der Waals surface area contributed by atoms with E-state index in [-0.39, 0.29) is 47.5 Å². The van der Waals surface area contributed by atoms with Crippen LogP contribution in [0.25, 0.3) is 11.0 Å². The highest BCUT2D eigenvalue weighted by Gasteiger charge is 2.58. The molecule has 0 bridgehead atoms. The molecular weight excluding hydrogens is 496 g/mol. The van der Waals surface area contributed by atoms with Gasteiger partial charge in [-0.1, -0.05) is 41.5 Å². The first kappa shape index (κ1) is 30.1. The van der Waals surface area contributed by atoms with Crippen LogP contribution in [-0.2, 0) is 16.1 Å². The molecule has 0 aliphatic heterocycles. The number of Topliss-reactive ketones (excluding diaryl/α,β-unsaturated/α-hetero) is 1. The molecule has 0 amide bonds. The summed E-state index contributed by atoms with van der Waals surface area (Å²) >= 11 is 0. The number of ether oxygens (including phenoxy) is 1. The van der Waals surface area contributed by atoms with Gasteiger partial charge in [0.2, 0.25) is 0 Å².